The van der Waals surface area contributed by atoms with Crippen molar-refractivity contribution in [2.45, 2.75) is 154 Å². The molecule has 1 saturated heterocycles. The van der Waals surface area contributed by atoms with Gasteiger partial charge in [0.25, 0.3) is 0 Å². The van der Waals surface area contributed by atoms with Gasteiger partial charge >= 0.3 is 5.97 Å². The van der Waals surface area contributed by atoms with E-state index in [9.17, 15) is 4.79 Å². The molecule has 7 atom stereocenters. The first-order chi connectivity index (χ1) is 19.3. The Morgan fingerprint density at radius 1 is 0.976 bits per heavy atom. The van der Waals surface area contributed by atoms with E-state index >= 15 is 0 Å². The Balaban J connectivity index is 1.41. The summed E-state index contributed by atoms with van der Waals surface area (Å²) in [4.78, 5) is 13.4. The molecule has 0 bridgehead atoms. The number of rotatable bonds is 6. The zero-order valence-electron chi connectivity index (χ0n) is 28.5. The van der Waals surface area contributed by atoms with E-state index in [1.807, 2.05) is 0 Å². The van der Waals surface area contributed by atoms with Crippen LogP contribution in [0.15, 0.2) is 18.2 Å². The minimum atomic E-state index is -2.05. The third kappa shape index (κ3) is 5.81. The van der Waals surface area contributed by atoms with Gasteiger partial charge in [-0.1, -0.05) is 54.5 Å². The molecule has 2 saturated carbocycles. The number of aryl methyl sites for hydroxylation is 1. The maximum atomic E-state index is 13.4. The topological polar surface area (TPSA) is 56.8 Å². The van der Waals surface area contributed by atoms with E-state index in [2.05, 4.69) is 98.2 Å². The highest BCUT2D eigenvalue weighted by Gasteiger charge is 2.61. The fraction of sp³-hybridized carbons (Fsp3) is 0.800. The Labute approximate surface area is 258 Å². The summed E-state index contributed by atoms with van der Waals surface area (Å²) in [5, 5.41) is 3.66. The van der Waals surface area contributed by atoms with Crippen molar-refractivity contribution in [2.75, 3.05) is 6.54 Å². The quantitative estimate of drug-likeness (QED) is 0.257. The predicted molar refractivity (Wildman–Crippen MR) is 177 cm³/mol. The number of ether oxygens (including phenoxy) is 1. The molecule has 1 aromatic rings. The van der Waals surface area contributed by atoms with E-state index in [-0.39, 0.29) is 39.7 Å². The third-order valence-corrected chi connectivity index (χ3v) is 21.5. The first-order valence-electron chi connectivity index (χ1n) is 16.8. The van der Waals surface area contributed by atoms with Crippen LogP contribution < -0.4 is 9.74 Å². The molecular formula is C35H59NO4Si2. The minimum absolute atomic E-state index is 0.0215. The molecular weight excluding hydrogens is 555 g/mol. The summed E-state index contributed by atoms with van der Waals surface area (Å²) < 4.78 is 20.4. The van der Waals surface area contributed by atoms with E-state index in [0.717, 1.165) is 50.8 Å². The van der Waals surface area contributed by atoms with Gasteiger partial charge in [0.05, 0.1) is 6.10 Å². The van der Waals surface area contributed by atoms with Crippen LogP contribution in [0.3, 0.4) is 0 Å². The molecule has 0 amide bonds. The van der Waals surface area contributed by atoms with Crippen molar-refractivity contribution in [1.82, 2.24) is 5.32 Å². The lowest BCUT2D eigenvalue weighted by molar-refractivity contribution is -0.165. The molecule has 3 aliphatic carbocycles. The van der Waals surface area contributed by atoms with Crippen LogP contribution in [0, 0.1) is 17.3 Å². The normalized spacial score (nSPS) is 33.5. The Hall–Kier alpha value is -1.16. The van der Waals surface area contributed by atoms with Gasteiger partial charge in [-0.15, -0.1) is 0 Å². The Morgan fingerprint density at radius 2 is 1.67 bits per heavy atom. The zero-order valence-corrected chi connectivity index (χ0v) is 30.5. The number of fused-ring (bicyclic) bond motifs is 5. The molecule has 0 aromatic heterocycles. The van der Waals surface area contributed by atoms with Crippen LogP contribution in [-0.2, 0) is 20.4 Å². The van der Waals surface area contributed by atoms with Gasteiger partial charge in [0, 0.05) is 5.41 Å². The van der Waals surface area contributed by atoms with Crippen molar-refractivity contribution in [1.29, 1.82) is 0 Å². The Bertz CT molecular complexity index is 1160. The van der Waals surface area contributed by atoms with Crippen LogP contribution in [-0.4, -0.2) is 47.4 Å². The van der Waals surface area contributed by atoms with Crippen molar-refractivity contribution < 1.29 is 18.4 Å². The molecule has 0 spiro atoms. The average Bonchev–Trinajstić information content (AvgIpc) is 3.49. The zero-order chi connectivity index (χ0) is 30.9. The molecule has 3 fully saturated rings. The largest absolute Gasteiger partial charge is 0.543 e. The fourth-order valence-electron chi connectivity index (χ4n) is 7.98. The number of benzene rings is 1. The lowest BCUT2D eigenvalue weighted by Crippen LogP contribution is -2.51. The minimum Gasteiger partial charge on any atom is -0.543 e. The molecule has 1 N–H and O–H groups in total. The van der Waals surface area contributed by atoms with E-state index in [4.69, 9.17) is 13.6 Å². The van der Waals surface area contributed by atoms with Crippen LogP contribution in [0.25, 0.3) is 0 Å². The molecule has 5 nitrogen and oxygen atoms in total. The van der Waals surface area contributed by atoms with Gasteiger partial charge in [0.1, 0.15) is 17.9 Å². The summed E-state index contributed by atoms with van der Waals surface area (Å²) in [6, 6.07) is 6.82. The molecule has 236 valence electrons. The number of nitrogens with one attached hydrogen (secondary N) is 1. The van der Waals surface area contributed by atoms with Crippen LogP contribution in [0.1, 0.15) is 104 Å². The van der Waals surface area contributed by atoms with Gasteiger partial charge in [-0.2, -0.15) is 0 Å². The van der Waals surface area contributed by atoms with Crippen LogP contribution in [0.2, 0.25) is 36.3 Å². The molecule has 5 rings (SSSR count). The van der Waals surface area contributed by atoms with Crippen molar-refractivity contribution in [2.24, 2.45) is 17.3 Å². The number of esters is 1. The molecule has 3 unspecified atom stereocenters. The lowest BCUT2D eigenvalue weighted by atomic mass is 9.55. The molecule has 1 aromatic carbocycles. The Morgan fingerprint density at radius 3 is 2.29 bits per heavy atom. The SMILES string of the molecule is CC(C)(C)[Si](C)(C)Oc1ccc2c(c1)CCC1C2CC[C@@]2(C)C1C[C@@H](O[Si](C)(C)C(C)(C)C)[C@@H]2OC(=O)[C@@H]1CCCN1. The summed E-state index contributed by atoms with van der Waals surface area (Å²) in [6.07, 6.45) is 7.25. The van der Waals surface area contributed by atoms with Crippen molar-refractivity contribution in [3.05, 3.63) is 29.3 Å². The van der Waals surface area contributed by atoms with Crippen LogP contribution >= 0.6 is 0 Å². The monoisotopic (exact) mass is 613 g/mol. The van der Waals surface area contributed by atoms with E-state index in [1.54, 1.807) is 0 Å². The van der Waals surface area contributed by atoms with Gasteiger partial charge in [-0.05, 0) is 129 Å². The maximum Gasteiger partial charge on any atom is 0.323 e. The Kier molecular flexibility index (Phi) is 8.46. The molecule has 0 radical (unpaired) electrons. The summed E-state index contributed by atoms with van der Waals surface area (Å²) in [5.74, 6) is 2.65. The first kappa shape index (κ1) is 32.2. The fourth-order valence-corrected chi connectivity index (χ4v) is 10.3. The second kappa shape index (κ2) is 11.0. The molecule has 42 heavy (non-hydrogen) atoms. The highest BCUT2D eigenvalue weighted by atomic mass is 28.4. The van der Waals surface area contributed by atoms with E-state index in [0.29, 0.717) is 17.8 Å². The second-order valence-electron chi connectivity index (χ2n) is 17.3. The average molecular weight is 614 g/mol. The van der Waals surface area contributed by atoms with Crippen molar-refractivity contribution in [3.8, 4) is 5.75 Å². The number of hydrogen-bond acceptors (Lipinski definition) is 5. The number of carbonyl (C=O) groups is 1. The molecule has 7 heteroatoms. The van der Waals surface area contributed by atoms with Gasteiger partial charge in [0.2, 0.25) is 8.32 Å². The standard InChI is InChI=1S/C35H59NO4Si2/c1-33(2,3)41(8,9)39-24-15-17-25-23(21-24)14-16-27-26(25)18-19-35(7)28(27)22-30(40-42(10,11)34(4,5)6)31(35)38-32(37)29-13-12-20-36-29/h15,17,21,26-31,36H,12-14,16,18-20,22H2,1-11H3/t26?,27?,28?,29-,30+,31-,35-/m0/s1. The first-order valence-corrected chi connectivity index (χ1v) is 22.6. The molecule has 1 heterocycles. The van der Waals surface area contributed by atoms with Crippen LogP contribution in [0.5, 0.6) is 5.75 Å². The van der Waals surface area contributed by atoms with Gasteiger partial charge in [-0.3, -0.25) is 4.79 Å². The van der Waals surface area contributed by atoms with E-state index < -0.39 is 16.6 Å². The highest BCUT2D eigenvalue weighted by molar-refractivity contribution is 6.75. The van der Waals surface area contributed by atoms with Gasteiger partial charge < -0.3 is 18.9 Å². The van der Waals surface area contributed by atoms with Crippen molar-refractivity contribution >= 4 is 22.6 Å². The maximum absolute atomic E-state index is 13.4. The predicted octanol–water partition coefficient (Wildman–Crippen LogP) is 8.59. The van der Waals surface area contributed by atoms with Crippen LogP contribution in [0.4, 0.5) is 0 Å². The summed E-state index contributed by atoms with van der Waals surface area (Å²) in [5.41, 5.74) is 2.97. The van der Waals surface area contributed by atoms with Gasteiger partial charge in [-0.25, -0.2) is 0 Å². The molecule has 1 aliphatic heterocycles. The second-order valence-corrected chi connectivity index (χ2v) is 26.8. The summed E-state index contributed by atoms with van der Waals surface area (Å²) in [7, 11) is -3.93. The van der Waals surface area contributed by atoms with Crippen molar-refractivity contribution in [3.63, 3.8) is 0 Å². The smallest absolute Gasteiger partial charge is 0.323 e. The van der Waals surface area contributed by atoms with E-state index in [1.165, 1.54) is 17.5 Å². The number of hydrogen-bond donors (Lipinski definition) is 1. The van der Waals surface area contributed by atoms with Gasteiger partial charge in [0.15, 0.2) is 8.32 Å². The highest BCUT2D eigenvalue weighted by Crippen LogP contribution is 2.63. The summed E-state index contributed by atoms with van der Waals surface area (Å²) in [6.45, 7) is 26.5. The lowest BCUT2D eigenvalue weighted by Gasteiger charge is -2.50. The molecule has 4 aliphatic rings. The summed E-state index contributed by atoms with van der Waals surface area (Å²) >= 11 is 0. The third-order valence-electron chi connectivity index (χ3n) is 12.6. The number of carbonyl (C=O) groups excluding carboxylic acids is 1.